The molecule has 88 valence electrons. The zero-order valence-electron chi connectivity index (χ0n) is 9.83. The molecule has 3 N–H and O–H groups in total. The Morgan fingerprint density at radius 1 is 1.60 bits per heavy atom. The van der Waals surface area contributed by atoms with E-state index in [1.54, 1.807) is 0 Å². The van der Waals surface area contributed by atoms with Crippen molar-refractivity contribution in [2.24, 2.45) is 11.7 Å². The van der Waals surface area contributed by atoms with E-state index in [4.69, 9.17) is 5.73 Å². The highest BCUT2D eigenvalue weighted by Crippen LogP contribution is 2.10. The lowest BCUT2D eigenvalue weighted by molar-refractivity contribution is -0.125. The molecular formula is C11H23N3O. The minimum Gasteiger partial charge on any atom is -0.351 e. The molecule has 0 aromatic rings. The van der Waals surface area contributed by atoms with Crippen molar-refractivity contribution in [1.82, 2.24) is 10.2 Å². The fourth-order valence-electron chi connectivity index (χ4n) is 2.09. The summed E-state index contributed by atoms with van der Waals surface area (Å²) < 4.78 is 0. The average molecular weight is 213 g/mol. The van der Waals surface area contributed by atoms with Gasteiger partial charge in [0.1, 0.15) is 0 Å². The van der Waals surface area contributed by atoms with Crippen LogP contribution in [0.25, 0.3) is 0 Å². The Balaban J connectivity index is 2.37. The highest BCUT2D eigenvalue weighted by Gasteiger charge is 2.24. The Bertz CT molecular complexity index is 206. The minimum absolute atomic E-state index is 0.156. The summed E-state index contributed by atoms with van der Waals surface area (Å²) >= 11 is 0. The van der Waals surface area contributed by atoms with E-state index in [0.717, 1.165) is 25.9 Å². The second-order valence-corrected chi connectivity index (χ2v) is 4.77. The third kappa shape index (κ3) is 4.62. The van der Waals surface area contributed by atoms with Gasteiger partial charge in [-0.25, -0.2) is 0 Å². The first-order valence-electron chi connectivity index (χ1n) is 5.83. The van der Waals surface area contributed by atoms with Gasteiger partial charge in [0.2, 0.25) is 5.91 Å². The molecule has 1 amide bonds. The third-order valence-corrected chi connectivity index (χ3v) is 2.65. The van der Waals surface area contributed by atoms with E-state index in [-0.39, 0.29) is 5.91 Å². The molecule has 1 heterocycles. The van der Waals surface area contributed by atoms with Crippen LogP contribution in [0.4, 0.5) is 0 Å². The quantitative estimate of drug-likeness (QED) is 0.685. The second-order valence-electron chi connectivity index (χ2n) is 4.77. The predicted molar refractivity (Wildman–Crippen MR) is 61.5 cm³/mol. The molecule has 15 heavy (non-hydrogen) atoms. The summed E-state index contributed by atoms with van der Waals surface area (Å²) in [5.41, 5.74) is 5.47. The summed E-state index contributed by atoms with van der Waals surface area (Å²) in [6.45, 7) is 7.53. The molecule has 1 aliphatic heterocycles. The fourth-order valence-corrected chi connectivity index (χ4v) is 2.09. The van der Waals surface area contributed by atoms with E-state index in [9.17, 15) is 4.79 Å². The molecule has 1 unspecified atom stereocenters. The van der Waals surface area contributed by atoms with E-state index in [1.807, 2.05) is 0 Å². The molecule has 1 fully saturated rings. The summed E-state index contributed by atoms with van der Waals surface area (Å²) in [6.07, 6.45) is 2.03. The molecule has 0 aliphatic carbocycles. The van der Waals surface area contributed by atoms with Crippen LogP contribution in [0.15, 0.2) is 0 Å². The van der Waals surface area contributed by atoms with Gasteiger partial charge in [-0.1, -0.05) is 13.8 Å². The lowest BCUT2D eigenvalue weighted by Crippen LogP contribution is -2.54. The number of rotatable bonds is 5. The zero-order valence-corrected chi connectivity index (χ0v) is 9.83. The Morgan fingerprint density at radius 2 is 2.33 bits per heavy atom. The van der Waals surface area contributed by atoms with Crippen LogP contribution in [0.1, 0.15) is 26.7 Å². The largest absolute Gasteiger partial charge is 0.351 e. The molecule has 1 atom stereocenters. The highest BCUT2D eigenvalue weighted by atomic mass is 16.2. The van der Waals surface area contributed by atoms with E-state index in [0.29, 0.717) is 25.0 Å². The summed E-state index contributed by atoms with van der Waals surface area (Å²) in [6, 6.07) is 0.323. The molecule has 0 aromatic carbocycles. The minimum atomic E-state index is 0.156. The van der Waals surface area contributed by atoms with Crippen LogP contribution in [-0.4, -0.2) is 43.0 Å². The van der Waals surface area contributed by atoms with E-state index >= 15 is 0 Å². The molecule has 4 heteroatoms. The molecule has 1 rings (SSSR count). The molecule has 0 bridgehead atoms. The van der Waals surface area contributed by atoms with Gasteiger partial charge in [0.05, 0.1) is 6.54 Å². The summed E-state index contributed by atoms with van der Waals surface area (Å²) in [4.78, 5) is 13.7. The van der Waals surface area contributed by atoms with Crippen molar-refractivity contribution in [1.29, 1.82) is 0 Å². The number of nitrogens with zero attached hydrogens (tertiary/aromatic N) is 1. The lowest BCUT2D eigenvalue weighted by Gasteiger charge is -2.33. The standard InChI is InChI=1S/C11H23N3O/c1-9(2)6-10-7-14(5-3-4-12)8-11(15)13-10/h9-10H,3-8,12H2,1-2H3,(H,13,15). The maximum atomic E-state index is 11.4. The number of hydrogen-bond acceptors (Lipinski definition) is 3. The first kappa shape index (κ1) is 12.5. The SMILES string of the molecule is CC(C)CC1CN(CCCN)CC(=O)N1. The number of carbonyl (C=O) groups is 1. The van der Waals surface area contributed by atoms with Crippen LogP contribution in [-0.2, 0) is 4.79 Å². The smallest absolute Gasteiger partial charge is 0.234 e. The van der Waals surface area contributed by atoms with Crippen LogP contribution in [0.5, 0.6) is 0 Å². The first-order valence-corrected chi connectivity index (χ1v) is 5.83. The number of amides is 1. The van der Waals surface area contributed by atoms with Gasteiger partial charge >= 0.3 is 0 Å². The van der Waals surface area contributed by atoms with Crippen LogP contribution in [0.3, 0.4) is 0 Å². The van der Waals surface area contributed by atoms with Gasteiger partial charge in [-0.05, 0) is 31.8 Å². The monoisotopic (exact) mass is 213 g/mol. The van der Waals surface area contributed by atoms with Gasteiger partial charge in [-0.15, -0.1) is 0 Å². The Hall–Kier alpha value is -0.610. The Labute approximate surface area is 92.2 Å². The van der Waals surface area contributed by atoms with Crippen LogP contribution in [0, 0.1) is 5.92 Å². The van der Waals surface area contributed by atoms with Crippen LogP contribution < -0.4 is 11.1 Å². The number of piperazine rings is 1. The van der Waals surface area contributed by atoms with Gasteiger partial charge < -0.3 is 11.1 Å². The normalized spacial score (nSPS) is 23.2. The van der Waals surface area contributed by atoms with Crippen molar-refractivity contribution >= 4 is 5.91 Å². The van der Waals surface area contributed by atoms with Crippen molar-refractivity contribution in [3.63, 3.8) is 0 Å². The van der Waals surface area contributed by atoms with Crippen LogP contribution in [0.2, 0.25) is 0 Å². The van der Waals surface area contributed by atoms with E-state index in [1.165, 1.54) is 0 Å². The molecule has 0 aromatic heterocycles. The van der Waals surface area contributed by atoms with Gasteiger partial charge in [-0.3, -0.25) is 9.69 Å². The summed E-state index contributed by atoms with van der Waals surface area (Å²) in [7, 11) is 0. The molecule has 1 saturated heterocycles. The van der Waals surface area contributed by atoms with Gasteiger partial charge in [0.25, 0.3) is 0 Å². The van der Waals surface area contributed by atoms with Gasteiger partial charge in [0.15, 0.2) is 0 Å². The average Bonchev–Trinajstić information content (AvgIpc) is 2.12. The Kier molecular flexibility index (Phi) is 5.05. The fraction of sp³-hybridized carbons (Fsp3) is 0.909. The maximum Gasteiger partial charge on any atom is 0.234 e. The molecular weight excluding hydrogens is 190 g/mol. The van der Waals surface area contributed by atoms with Gasteiger partial charge in [0, 0.05) is 12.6 Å². The third-order valence-electron chi connectivity index (χ3n) is 2.65. The molecule has 4 nitrogen and oxygen atoms in total. The predicted octanol–water partition coefficient (Wildman–Crippen LogP) is 0.182. The van der Waals surface area contributed by atoms with Crippen molar-refractivity contribution in [2.45, 2.75) is 32.7 Å². The zero-order chi connectivity index (χ0) is 11.3. The van der Waals surface area contributed by atoms with Crippen LogP contribution >= 0.6 is 0 Å². The summed E-state index contributed by atoms with van der Waals surface area (Å²) in [5.74, 6) is 0.786. The number of nitrogens with one attached hydrogen (secondary N) is 1. The summed E-state index contributed by atoms with van der Waals surface area (Å²) in [5, 5.41) is 3.04. The number of nitrogens with two attached hydrogens (primary N) is 1. The first-order chi connectivity index (χ1) is 7.11. The number of carbonyl (C=O) groups excluding carboxylic acids is 1. The number of hydrogen-bond donors (Lipinski definition) is 2. The van der Waals surface area contributed by atoms with E-state index in [2.05, 4.69) is 24.1 Å². The van der Waals surface area contributed by atoms with Crippen molar-refractivity contribution in [2.75, 3.05) is 26.2 Å². The van der Waals surface area contributed by atoms with Crippen molar-refractivity contribution in [3.05, 3.63) is 0 Å². The topological polar surface area (TPSA) is 58.4 Å². The highest BCUT2D eigenvalue weighted by molar-refractivity contribution is 5.79. The maximum absolute atomic E-state index is 11.4. The Morgan fingerprint density at radius 3 is 2.93 bits per heavy atom. The van der Waals surface area contributed by atoms with Crippen molar-refractivity contribution < 1.29 is 4.79 Å². The molecule has 1 aliphatic rings. The lowest BCUT2D eigenvalue weighted by atomic mass is 10.0. The van der Waals surface area contributed by atoms with E-state index < -0.39 is 0 Å². The molecule has 0 spiro atoms. The second kappa shape index (κ2) is 6.08. The van der Waals surface area contributed by atoms with Gasteiger partial charge in [-0.2, -0.15) is 0 Å². The molecule has 0 radical (unpaired) electrons. The van der Waals surface area contributed by atoms with Crippen molar-refractivity contribution in [3.8, 4) is 0 Å². The molecule has 0 saturated carbocycles.